The molecule has 2 atom stereocenters. The third-order valence-corrected chi connectivity index (χ3v) is 5.67. The Morgan fingerprint density at radius 3 is 2.39 bits per heavy atom. The quantitative estimate of drug-likeness (QED) is 0.546. The number of hydrogen-bond donors (Lipinski definition) is 4. The topological polar surface area (TPSA) is 133 Å². The molecule has 0 spiro atoms. The van der Waals surface area contributed by atoms with Gasteiger partial charge < -0.3 is 26.2 Å². The number of phenols is 1. The number of phenolic OH excluding ortho intramolecular Hbond substituents is 1. The third-order valence-electron chi connectivity index (χ3n) is 5.67. The molecule has 2 unspecified atom stereocenters. The van der Waals surface area contributed by atoms with E-state index in [1.54, 1.807) is 12.1 Å². The number of benzene rings is 2. The highest BCUT2D eigenvalue weighted by atomic mass is 16.4. The Morgan fingerprint density at radius 1 is 1.16 bits per heavy atom. The van der Waals surface area contributed by atoms with E-state index in [2.05, 4.69) is 5.32 Å². The Balaban J connectivity index is 1.85. The molecule has 1 aliphatic rings. The summed E-state index contributed by atoms with van der Waals surface area (Å²) in [6.07, 6.45) is 0.551. The highest BCUT2D eigenvalue weighted by Crippen LogP contribution is 2.26. The summed E-state index contributed by atoms with van der Waals surface area (Å²) in [5.41, 5.74) is 10.7. The summed E-state index contributed by atoms with van der Waals surface area (Å²) in [6, 6.07) is 9.06. The second kappa shape index (κ2) is 9.18. The molecule has 1 aliphatic heterocycles. The summed E-state index contributed by atoms with van der Waals surface area (Å²) in [6.45, 7) is 3.40. The predicted octanol–water partition coefficient (Wildman–Crippen LogP) is 1.03. The number of nitrogens with zero attached hydrogens (tertiary/aromatic N) is 1. The fraction of sp³-hybridized carbons (Fsp3) is 0.348. The van der Waals surface area contributed by atoms with Gasteiger partial charge in [-0.1, -0.05) is 24.3 Å². The molecule has 0 radical (unpaired) electrons. The number of rotatable bonds is 6. The molecule has 164 valence electrons. The van der Waals surface area contributed by atoms with E-state index < -0.39 is 30.5 Å². The summed E-state index contributed by atoms with van der Waals surface area (Å²) in [7, 11) is 0. The number of carboxylic acids is 1. The number of aromatic hydroxyl groups is 1. The van der Waals surface area contributed by atoms with Gasteiger partial charge in [-0.05, 0) is 60.2 Å². The van der Waals surface area contributed by atoms with Crippen LogP contribution in [0.25, 0.3) is 0 Å². The number of aliphatic carboxylic acids is 1. The molecule has 2 aromatic carbocycles. The van der Waals surface area contributed by atoms with Crippen LogP contribution in [0.5, 0.6) is 5.75 Å². The number of hydrogen-bond acceptors (Lipinski definition) is 5. The van der Waals surface area contributed by atoms with Gasteiger partial charge in [0.1, 0.15) is 18.3 Å². The number of nitrogens with one attached hydrogen (secondary N) is 1. The largest absolute Gasteiger partial charge is 0.508 e. The lowest BCUT2D eigenvalue weighted by atomic mass is 9.91. The number of amides is 2. The minimum atomic E-state index is -1.16. The first-order valence-electron chi connectivity index (χ1n) is 10.1. The van der Waals surface area contributed by atoms with Crippen LogP contribution in [0.15, 0.2) is 36.4 Å². The number of carbonyl (C=O) groups is 3. The van der Waals surface area contributed by atoms with E-state index in [0.717, 1.165) is 27.8 Å². The van der Waals surface area contributed by atoms with E-state index in [9.17, 15) is 19.5 Å². The summed E-state index contributed by atoms with van der Waals surface area (Å²) in [5.74, 6) is -1.90. The summed E-state index contributed by atoms with van der Waals surface area (Å²) in [5, 5.41) is 21.0. The van der Waals surface area contributed by atoms with Crippen LogP contribution in [-0.2, 0) is 33.8 Å². The molecule has 0 saturated heterocycles. The van der Waals surface area contributed by atoms with Crippen LogP contribution in [0.2, 0.25) is 0 Å². The molecule has 0 bridgehead atoms. The van der Waals surface area contributed by atoms with Gasteiger partial charge in [-0.2, -0.15) is 0 Å². The molecule has 5 N–H and O–H groups in total. The lowest BCUT2D eigenvalue weighted by Gasteiger charge is -2.37. The first kappa shape index (κ1) is 22.3. The zero-order valence-corrected chi connectivity index (χ0v) is 17.6. The van der Waals surface area contributed by atoms with Crippen molar-refractivity contribution in [2.45, 2.75) is 45.3 Å². The fourth-order valence-electron chi connectivity index (χ4n) is 4.08. The highest BCUT2D eigenvalue weighted by molar-refractivity contribution is 5.92. The molecule has 0 fully saturated rings. The van der Waals surface area contributed by atoms with Crippen molar-refractivity contribution >= 4 is 17.8 Å². The van der Waals surface area contributed by atoms with Crippen molar-refractivity contribution in [2.24, 2.45) is 5.73 Å². The first-order valence-corrected chi connectivity index (χ1v) is 10.1. The number of nitrogens with two attached hydrogens (primary N) is 1. The number of carboxylic acid groups (broad SMARTS) is 1. The Bertz CT molecular complexity index is 997. The second-order valence-electron chi connectivity index (χ2n) is 7.94. The van der Waals surface area contributed by atoms with Gasteiger partial charge in [-0.25, -0.2) is 0 Å². The van der Waals surface area contributed by atoms with E-state index in [1.807, 2.05) is 38.1 Å². The van der Waals surface area contributed by atoms with Crippen molar-refractivity contribution in [1.29, 1.82) is 0 Å². The van der Waals surface area contributed by atoms with Gasteiger partial charge in [0.05, 0.1) is 6.04 Å². The van der Waals surface area contributed by atoms with Gasteiger partial charge in [0.25, 0.3) is 0 Å². The van der Waals surface area contributed by atoms with Gasteiger partial charge in [0.2, 0.25) is 11.8 Å². The van der Waals surface area contributed by atoms with E-state index in [4.69, 9.17) is 10.8 Å². The van der Waals surface area contributed by atoms with Crippen molar-refractivity contribution in [1.82, 2.24) is 10.2 Å². The molecule has 8 heteroatoms. The lowest BCUT2D eigenvalue weighted by Crippen LogP contribution is -2.57. The Labute approximate surface area is 180 Å². The SMILES string of the molecule is Cc1cc(O)cc(C)c1CC(N)C(=O)N1Cc2ccccc2CC1C(=O)NCC(=O)O. The van der Waals surface area contributed by atoms with Crippen LogP contribution in [0.4, 0.5) is 0 Å². The van der Waals surface area contributed by atoms with E-state index in [1.165, 1.54) is 4.90 Å². The minimum Gasteiger partial charge on any atom is -0.508 e. The molecule has 0 saturated carbocycles. The highest BCUT2D eigenvalue weighted by Gasteiger charge is 2.36. The van der Waals surface area contributed by atoms with Crippen molar-refractivity contribution in [3.05, 3.63) is 64.2 Å². The number of fused-ring (bicyclic) bond motifs is 1. The van der Waals surface area contributed by atoms with Crippen LogP contribution >= 0.6 is 0 Å². The smallest absolute Gasteiger partial charge is 0.322 e. The monoisotopic (exact) mass is 425 g/mol. The second-order valence-corrected chi connectivity index (χ2v) is 7.94. The van der Waals surface area contributed by atoms with Crippen LogP contribution in [-0.4, -0.2) is 51.5 Å². The Morgan fingerprint density at radius 2 is 1.77 bits per heavy atom. The maximum Gasteiger partial charge on any atom is 0.322 e. The third kappa shape index (κ3) is 5.03. The predicted molar refractivity (Wildman–Crippen MR) is 114 cm³/mol. The van der Waals surface area contributed by atoms with Crippen molar-refractivity contribution in [3.8, 4) is 5.75 Å². The van der Waals surface area contributed by atoms with Gasteiger partial charge in [-0.3, -0.25) is 14.4 Å². The molecule has 1 heterocycles. The molecule has 3 rings (SSSR count). The maximum absolute atomic E-state index is 13.3. The average Bonchev–Trinajstić information content (AvgIpc) is 2.72. The van der Waals surface area contributed by atoms with Crippen molar-refractivity contribution in [2.75, 3.05) is 6.54 Å². The van der Waals surface area contributed by atoms with Crippen molar-refractivity contribution in [3.63, 3.8) is 0 Å². The van der Waals surface area contributed by atoms with E-state index >= 15 is 0 Å². The molecule has 2 aromatic rings. The molecule has 0 aliphatic carbocycles. The number of carbonyl (C=O) groups excluding carboxylic acids is 2. The maximum atomic E-state index is 13.3. The summed E-state index contributed by atoms with van der Waals surface area (Å²) in [4.78, 5) is 38.3. The van der Waals surface area contributed by atoms with Crippen LogP contribution in [0, 0.1) is 13.8 Å². The Hall–Kier alpha value is -3.39. The van der Waals surface area contributed by atoms with Crippen LogP contribution < -0.4 is 11.1 Å². The summed E-state index contributed by atoms with van der Waals surface area (Å²) >= 11 is 0. The fourth-order valence-corrected chi connectivity index (χ4v) is 4.08. The normalized spacial score (nSPS) is 16.4. The van der Waals surface area contributed by atoms with E-state index in [-0.39, 0.29) is 31.0 Å². The molecular weight excluding hydrogens is 398 g/mol. The van der Waals surface area contributed by atoms with Gasteiger partial charge in [0.15, 0.2) is 0 Å². The zero-order valence-electron chi connectivity index (χ0n) is 17.6. The zero-order chi connectivity index (χ0) is 22.7. The van der Waals surface area contributed by atoms with Crippen LogP contribution in [0.3, 0.4) is 0 Å². The number of aryl methyl sites for hydroxylation is 2. The summed E-state index contributed by atoms with van der Waals surface area (Å²) < 4.78 is 0. The minimum absolute atomic E-state index is 0.154. The average molecular weight is 425 g/mol. The molecular formula is C23H27N3O5. The Kier molecular flexibility index (Phi) is 6.60. The standard InChI is InChI=1S/C23H27N3O5/c1-13-7-17(27)8-14(2)18(13)10-19(24)23(31)26-12-16-6-4-3-5-15(16)9-20(26)22(30)25-11-21(28)29/h3-8,19-20,27H,9-12,24H2,1-2H3,(H,25,30)(H,28,29). The molecule has 31 heavy (non-hydrogen) atoms. The van der Waals surface area contributed by atoms with Gasteiger partial charge >= 0.3 is 5.97 Å². The van der Waals surface area contributed by atoms with Crippen LogP contribution in [0.1, 0.15) is 27.8 Å². The lowest BCUT2D eigenvalue weighted by molar-refractivity contribution is -0.144. The van der Waals surface area contributed by atoms with Gasteiger partial charge in [0, 0.05) is 13.0 Å². The molecule has 8 nitrogen and oxygen atoms in total. The first-order chi connectivity index (χ1) is 14.7. The van der Waals surface area contributed by atoms with Gasteiger partial charge in [-0.15, -0.1) is 0 Å². The van der Waals surface area contributed by atoms with Crippen molar-refractivity contribution < 1.29 is 24.6 Å². The molecule has 0 aromatic heterocycles. The molecule has 2 amide bonds. The van der Waals surface area contributed by atoms with E-state index in [0.29, 0.717) is 0 Å².